The van der Waals surface area contributed by atoms with Gasteiger partial charge in [0.25, 0.3) is 0 Å². The number of aryl methyl sites for hydroxylation is 2. The summed E-state index contributed by atoms with van der Waals surface area (Å²) in [6.07, 6.45) is 1.97. The average molecular weight is 201 g/mol. The maximum Gasteiger partial charge on any atom is 0.140 e. The Morgan fingerprint density at radius 2 is 2.20 bits per heavy atom. The van der Waals surface area contributed by atoms with Gasteiger partial charge in [0.1, 0.15) is 5.82 Å². The van der Waals surface area contributed by atoms with Crippen molar-refractivity contribution in [1.29, 1.82) is 0 Å². The predicted molar refractivity (Wildman–Crippen MR) is 61.3 cm³/mol. The van der Waals surface area contributed by atoms with E-state index in [-0.39, 0.29) is 0 Å². The molecule has 3 heteroatoms. The van der Waals surface area contributed by atoms with Crippen molar-refractivity contribution in [2.45, 2.75) is 13.5 Å². The van der Waals surface area contributed by atoms with Crippen LogP contribution < -0.4 is 5.73 Å². The Balaban J connectivity index is 2.48. The molecular formula is C12H15N3. The molecule has 0 aliphatic carbocycles. The molecule has 1 aromatic carbocycles. The first kappa shape index (κ1) is 9.93. The third kappa shape index (κ3) is 1.92. The fraction of sp³-hybridized carbons (Fsp3) is 0.250. The number of benzene rings is 1. The summed E-state index contributed by atoms with van der Waals surface area (Å²) in [5.41, 5.74) is 8.87. The van der Waals surface area contributed by atoms with E-state index in [1.807, 2.05) is 23.9 Å². The summed E-state index contributed by atoms with van der Waals surface area (Å²) in [5, 5.41) is 0. The first-order valence-electron chi connectivity index (χ1n) is 5.00. The Bertz CT molecular complexity index is 471. The highest BCUT2D eigenvalue weighted by Gasteiger charge is 2.06. The van der Waals surface area contributed by atoms with Crippen LogP contribution in [0.1, 0.15) is 11.3 Å². The zero-order chi connectivity index (χ0) is 10.8. The van der Waals surface area contributed by atoms with Crippen molar-refractivity contribution in [1.82, 2.24) is 9.55 Å². The minimum atomic E-state index is 0.486. The molecule has 0 aliphatic heterocycles. The standard InChI is InChI=1S/C12H15N3/c1-9-4-3-5-10(6-9)12-14-11(7-13)8-15(12)2/h3-6,8H,7,13H2,1-2H3. The first-order valence-corrected chi connectivity index (χ1v) is 5.00. The number of hydrogen-bond acceptors (Lipinski definition) is 2. The molecule has 0 unspecified atom stereocenters. The van der Waals surface area contributed by atoms with Crippen LogP contribution in [0, 0.1) is 6.92 Å². The highest BCUT2D eigenvalue weighted by molar-refractivity contribution is 5.57. The molecule has 0 spiro atoms. The van der Waals surface area contributed by atoms with Crippen LogP contribution >= 0.6 is 0 Å². The fourth-order valence-electron chi connectivity index (χ4n) is 1.68. The van der Waals surface area contributed by atoms with Crippen molar-refractivity contribution in [2.24, 2.45) is 12.8 Å². The molecule has 1 heterocycles. The molecule has 1 aromatic heterocycles. The lowest BCUT2D eigenvalue weighted by molar-refractivity contribution is 0.921. The SMILES string of the molecule is Cc1cccc(-c2nc(CN)cn2C)c1. The van der Waals surface area contributed by atoms with Gasteiger partial charge in [-0.15, -0.1) is 0 Å². The molecule has 0 radical (unpaired) electrons. The van der Waals surface area contributed by atoms with Crippen molar-refractivity contribution in [3.05, 3.63) is 41.7 Å². The topological polar surface area (TPSA) is 43.8 Å². The summed E-state index contributed by atoms with van der Waals surface area (Å²) in [4.78, 5) is 4.48. The smallest absolute Gasteiger partial charge is 0.140 e. The van der Waals surface area contributed by atoms with E-state index < -0.39 is 0 Å². The Labute approximate surface area is 89.6 Å². The highest BCUT2D eigenvalue weighted by atomic mass is 15.0. The van der Waals surface area contributed by atoms with Gasteiger partial charge in [-0.1, -0.05) is 23.8 Å². The molecule has 0 amide bonds. The van der Waals surface area contributed by atoms with Crippen molar-refractivity contribution >= 4 is 0 Å². The predicted octanol–water partition coefficient (Wildman–Crippen LogP) is 1.85. The lowest BCUT2D eigenvalue weighted by Gasteiger charge is -2.01. The molecule has 2 aromatic rings. The maximum absolute atomic E-state index is 5.56. The zero-order valence-electron chi connectivity index (χ0n) is 9.07. The lowest BCUT2D eigenvalue weighted by Crippen LogP contribution is -1.95. The fourth-order valence-corrected chi connectivity index (χ4v) is 1.68. The molecule has 78 valence electrons. The molecule has 0 aliphatic rings. The second-order valence-electron chi connectivity index (χ2n) is 3.74. The van der Waals surface area contributed by atoms with Gasteiger partial charge < -0.3 is 10.3 Å². The summed E-state index contributed by atoms with van der Waals surface area (Å²) in [7, 11) is 1.99. The van der Waals surface area contributed by atoms with E-state index in [1.165, 1.54) is 5.56 Å². The molecule has 0 bridgehead atoms. The van der Waals surface area contributed by atoms with E-state index in [0.29, 0.717) is 6.54 Å². The minimum absolute atomic E-state index is 0.486. The number of nitrogens with zero attached hydrogens (tertiary/aromatic N) is 2. The minimum Gasteiger partial charge on any atom is -0.334 e. The third-order valence-electron chi connectivity index (χ3n) is 2.41. The number of hydrogen-bond donors (Lipinski definition) is 1. The van der Waals surface area contributed by atoms with Crippen LogP contribution in [-0.2, 0) is 13.6 Å². The van der Waals surface area contributed by atoms with Crippen LogP contribution in [0.3, 0.4) is 0 Å². The maximum atomic E-state index is 5.56. The average Bonchev–Trinajstić information content (AvgIpc) is 2.60. The molecule has 0 atom stereocenters. The Hall–Kier alpha value is -1.61. The van der Waals surface area contributed by atoms with Gasteiger partial charge in [0.05, 0.1) is 5.69 Å². The van der Waals surface area contributed by atoms with Crippen LogP contribution in [0.4, 0.5) is 0 Å². The van der Waals surface area contributed by atoms with E-state index >= 15 is 0 Å². The summed E-state index contributed by atoms with van der Waals surface area (Å²) in [5.74, 6) is 0.971. The van der Waals surface area contributed by atoms with Gasteiger partial charge >= 0.3 is 0 Å². The van der Waals surface area contributed by atoms with Gasteiger partial charge in [-0.25, -0.2) is 4.98 Å². The molecule has 0 saturated heterocycles. The Kier molecular flexibility index (Phi) is 2.56. The molecule has 15 heavy (non-hydrogen) atoms. The second-order valence-corrected chi connectivity index (χ2v) is 3.74. The Morgan fingerprint density at radius 1 is 1.40 bits per heavy atom. The number of aromatic nitrogens is 2. The van der Waals surface area contributed by atoms with Gasteiger partial charge in [0.15, 0.2) is 0 Å². The van der Waals surface area contributed by atoms with Crippen LogP contribution in [0.2, 0.25) is 0 Å². The molecule has 0 fully saturated rings. The summed E-state index contributed by atoms with van der Waals surface area (Å²) >= 11 is 0. The van der Waals surface area contributed by atoms with Gasteiger partial charge in [-0.3, -0.25) is 0 Å². The highest BCUT2D eigenvalue weighted by Crippen LogP contribution is 2.18. The van der Waals surface area contributed by atoms with Crippen LogP contribution in [0.5, 0.6) is 0 Å². The molecule has 2 rings (SSSR count). The van der Waals surface area contributed by atoms with Crippen molar-refractivity contribution in [2.75, 3.05) is 0 Å². The van der Waals surface area contributed by atoms with Crippen molar-refractivity contribution in [3.63, 3.8) is 0 Å². The molecule has 0 saturated carbocycles. The number of rotatable bonds is 2. The second kappa shape index (κ2) is 3.87. The van der Waals surface area contributed by atoms with E-state index in [4.69, 9.17) is 5.73 Å². The van der Waals surface area contributed by atoms with E-state index in [0.717, 1.165) is 17.1 Å². The number of imidazole rings is 1. The summed E-state index contributed by atoms with van der Waals surface area (Å²) in [6.45, 7) is 2.57. The molecule has 3 nitrogen and oxygen atoms in total. The van der Waals surface area contributed by atoms with Gasteiger partial charge in [0.2, 0.25) is 0 Å². The van der Waals surface area contributed by atoms with Gasteiger partial charge in [0, 0.05) is 25.4 Å². The van der Waals surface area contributed by atoms with Crippen LogP contribution in [0.15, 0.2) is 30.5 Å². The monoisotopic (exact) mass is 201 g/mol. The molecular weight excluding hydrogens is 186 g/mol. The van der Waals surface area contributed by atoms with E-state index in [1.54, 1.807) is 0 Å². The lowest BCUT2D eigenvalue weighted by atomic mass is 10.1. The van der Waals surface area contributed by atoms with Crippen LogP contribution in [0.25, 0.3) is 11.4 Å². The molecule has 2 N–H and O–H groups in total. The van der Waals surface area contributed by atoms with Crippen molar-refractivity contribution < 1.29 is 0 Å². The van der Waals surface area contributed by atoms with Gasteiger partial charge in [-0.2, -0.15) is 0 Å². The number of nitrogens with two attached hydrogens (primary N) is 1. The summed E-state index contributed by atoms with van der Waals surface area (Å²) < 4.78 is 2.01. The van der Waals surface area contributed by atoms with Crippen molar-refractivity contribution in [3.8, 4) is 11.4 Å². The first-order chi connectivity index (χ1) is 7.20. The summed E-state index contributed by atoms with van der Waals surface area (Å²) in [6, 6.07) is 8.32. The van der Waals surface area contributed by atoms with Gasteiger partial charge in [-0.05, 0) is 13.0 Å². The largest absolute Gasteiger partial charge is 0.334 e. The Morgan fingerprint density at radius 3 is 2.80 bits per heavy atom. The normalized spacial score (nSPS) is 10.6. The quantitative estimate of drug-likeness (QED) is 0.806. The van der Waals surface area contributed by atoms with E-state index in [9.17, 15) is 0 Å². The zero-order valence-corrected chi connectivity index (χ0v) is 9.07. The van der Waals surface area contributed by atoms with E-state index in [2.05, 4.69) is 30.1 Å². The third-order valence-corrected chi connectivity index (χ3v) is 2.41. The van der Waals surface area contributed by atoms with Crippen LogP contribution in [-0.4, -0.2) is 9.55 Å².